The molecule has 0 spiro atoms. The number of anilines is 1. The van der Waals surface area contributed by atoms with Crippen molar-refractivity contribution in [2.45, 2.75) is 31.1 Å². The summed E-state index contributed by atoms with van der Waals surface area (Å²) >= 11 is 1.59. The monoisotopic (exact) mass is 617 g/mol. The van der Waals surface area contributed by atoms with Crippen LogP contribution >= 0.6 is 11.3 Å². The van der Waals surface area contributed by atoms with Crippen LogP contribution in [0.2, 0.25) is 0 Å². The van der Waals surface area contributed by atoms with Gasteiger partial charge < -0.3 is 14.2 Å². The molecule has 2 aromatic heterocycles. The van der Waals surface area contributed by atoms with Crippen LogP contribution in [-0.4, -0.2) is 55.9 Å². The average molecular weight is 618 g/mol. The summed E-state index contributed by atoms with van der Waals surface area (Å²) in [6.45, 7) is 3.59. The number of carbonyl (C=O) groups excluding carboxylic acids is 1. The molecular formula is C33H35N3O5S2. The summed E-state index contributed by atoms with van der Waals surface area (Å²) in [6.07, 6.45) is 2.11. The predicted octanol–water partition coefficient (Wildman–Crippen LogP) is 6.50. The van der Waals surface area contributed by atoms with E-state index in [1.807, 2.05) is 53.6 Å². The number of aryl methyl sites for hydroxylation is 2. The molecule has 1 aliphatic rings. The lowest BCUT2D eigenvalue weighted by Crippen LogP contribution is -2.43. The van der Waals surface area contributed by atoms with E-state index >= 15 is 0 Å². The molecule has 224 valence electrons. The molecule has 0 aliphatic carbocycles. The minimum atomic E-state index is -4.02. The second kappa shape index (κ2) is 13.2. The van der Waals surface area contributed by atoms with Crippen molar-refractivity contribution in [2.24, 2.45) is 5.92 Å². The van der Waals surface area contributed by atoms with Crippen LogP contribution in [0.25, 0.3) is 22.4 Å². The number of aromatic nitrogens is 1. The first-order valence-corrected chi connectivity index (χ1v) is 16.4. The molecule has 0 radical (unpaired) electrons. The number of nitrogens with zero attached hydrogens (tertiary/aromatic N) is 3. The molecule has 43 heavy (non-hydrogen) atoms. The lowest BCUT2D eigenvalue weighted by Gasteiger charge is -2.35. The van der Waals surface area contributed by atoms with Gasteiger partial charge in [0.1, 0.15) is 11.3 Å². The Morgan fingerprint density at radius 3 is 2.51 bits per heavy atom. The van der Waals surface area contributed by atoms with Crippen molar-refractivity contribution in [1.29, 1.82) is 0 Å². The molecule has 1 unspecified atom stereocenters. The van der Waals surface area contributed by atoms with Crippen molar-refractivity contribution >= 4 is 44.0 Å². The molecule has 1 N–H and O–H groups in total. The quantitative estimate of drug-likeness (QED) is 0.208. The van der Waals surface area contributed by atoms with E-state index in [-0.39, 0.29) is 10.8 Å². The summed E-state index contributed by atoms with van der Waals surface area (Å²) in [5, 5.41) is 4.05. The Kier molecular flexibility index (Phi) is 9.41. The molecule has 0 fully saturated rings. The van der Waals surface area contributed by atoms with E-state index < -0.39 is 10.1 Å². The zero-order valence-corrected chi connectivity index (χ0v) is 26.1. The van der Waals surface area contributed by atoms with Crippen molar-refractivity contribution in [3.8, 4) is 11.5 Å². The minimum absolute atomic E-state index is 0.0666. The Labute approximate surface area is 256 Å². The van der Waals surface area contributed by atoms with Gasteiger partial charge in [0.15, 0.2) is 5.76 Å². The van der Waals surface area contributed by atoms with Crippen molar-refractivity contribution < 1.29 is 22.2 Å². The second-order valence-electron chi connectivity index (χ2n) is 11.0. The van der Waals surface area contributed by atoms with E-state index in [2.05, 4.69) is 37.2 Å². The van der Waals surface area contributed by atoms with E-state index in [1.165, 1.54) is 17.7 Å². The Morgan fingerprint density at radius 2 is 1.79 bits per heavy atom. The van der Waals surface area contributed by atoms with Crippen LogP contribution in [0.5, 0.6) is 0 Å². The van der Waals surface area contributed by atoms with Gasteiger partial charge in [-0.3, -0.25) is 9.35 Å². The molecule has 10 heteroatoms. The SMILES string of the molecule is CN(C)CC1Cc2ccccc2N(C(=O)CCc2nc(-c3cc4ccccc4o3)cs2)C1.Cc1ccc(S(=O)(=O)O)cc1. The highest BCUT2D eigenvalue weighted by Crippen LogP contribution is 2.32. The molecule has 0 saturated carbocycles. The maximum absolute atomic E-state index is 13.2. The van der Waals surface area contributed by atoms with Crippen LogP contribution in [0.15, 0.2) is 93.6 Å². The van der Waals surface area contributed by atoms with Gasteiger partial charge in [0.25, 0.3) is 10.1 Å². The smallest absolute Gasteiger partial charge is 0.294 e. The van der Waals surface area contributed by atoms with Gasteiger partial charge in [0.05, 0.1) is 9.90 Å². The van der Waals surface area contributed by atoms with Gasteiger partial charge in [-0.25, -0.2) is 4.98 Å². The topological polar surface area (TPSA) is 104 Å². The van der Waals surface area contributed by atoms with Gasteiger partial charge in [-0.2, -0.15) is 8.42 Å². The summed E-state index contributed by atoms with van der Waals surface area (Å²) in [5.74, 6) is 1.39. The molecule has 8 nitrogen and oxygen atoms in total. The molecule has 0 bridgehead atoms. The normalized spacial score (nSPS) is 14.8. The number of benzene rings is 3. The number of para-hydroxylation sites is 2. The number of hydrogen-bond acceptors (Lipinski definition) is 7. The van der Waals surface area contributed by atoms with E-state index in [0.717, 1.165) is 58.2 Å². The number of rotatable bonds is 7. The molecule has 0 saturated heterocycles. The Morgan fingerprint density at radius 1 is 1.07 bits per heavy atom. The van der Waals surface area contributed by atoms with Gasteiger partial charge in [-0.05, 0) is 69.3 Å². The number of furan rings is 1. The second-order valence-corrected chi connectivity index (χ2v) is 13.4. The summed E-state index contributed by atoms with van der Waals surface area (Å²) in [5.41, 5.74) is 4.98. The Bertz CT molecular complexity index is 1780. The molecule has 6 rings (SSSR count). The zero-order chi connectivity index (χ0) is 30.6. The zero-order valence-electron chi connectivity index (χ0n) is 24.4. The number of carbonyl (C=O) groups is 1. The number of thiazole rings is 1. The minimum Gasteiger partial charge on any atom is -0.454 e. The van der Waals surface area contributed by atoms with Crippen LogP contribution in [0, 0.1) is 12.8 Å². The maximum Gasteiger partial charge on any atom is 0.294 e. The number of hydrogen-bond donors (Lipinski definition) is 1. The Hall–Kier alpha value is -3.83. The van der Waals surface area contributed by atoms with Gasteiger partial charge in [0, 0.05) is 42.4 Å². The lowest BCUT2D eigenvalue weighted by molar-refractivity contribution is -0.118. The fraction of sp³-hybridized carbons (Fsp3) is 0.273. The van der Waals surface area contributed by atoms with Crippen LogP contribution < -0.4 is 4.90 Å². The van der Waals surface area contributed by atoms with Crippen LogP contribution in [0.4, 0.5) is 5.69 Å². The average Bonchev–Trinajstić information content (AvgIpc) is 3.62. The van der Waals surface area contributed by atoms with E-state index in [0.29, 0.717) is 18.8 Å². The third kappa shape index (κ3) is 7.77. The molecule has 1 amide bonds. The van der Waals surface area contributed by atoms with Crippen LogP contribution in [0.3, 0.4) is 0 Å². The summed E-state index contributed by atoms with van der Waals surface area (Å²) < 4.78 is 35.5. The van der Waals surface area contributed by atoms with Gasteiger partial charge >= 0.3 is 0 Å². The fourth-order valence-corrected chi connectivity index (χ4v) is 6.53. The first-order chi connectivity index (χ1) is 20.6. The molecule has 3 aromatic carbocycles. The van der Waals surface area contributed by atoms with Gasteiger partial charge in [-0.15, -0.1) is 11.3 Å². The standard InChI is InChI=1S/C26H27N3O2S.C7H8O3S/c1-28(2)15-18-13-19-7-3-5-9-22(19)29(16-18)26(30)12-11-25-27-21(17-32-25)24-14-20-8-4-6-10-23(20)31-24;1-6-2-4-7(5-3-6)11(8,9)10/h3-10,14,17-18H,11-13,15-16H2,1-2H3;2-5H,1H3,(H,8,9,10). The third-order valence-corrected chi connectivity index (χ3v) is 9.03. The first kappa shape index (κ1) is 30.6. The molecule has 1 aliphatic heterocycles. The van der Waals surface area contributed by atoms with Crippen molar-refractivity contribution in [1.82, 2.24) is 9.88 Å². The molecule has 1 atom stereocenters. The highest BCUT2D eigenvalue weighted by Gasteiger charge is 2.28. The largest absolute Gasteiger partial charge is 0.454 e. The van der Waals surface area contributed by atoms with E-state index in [9.17, 15) is 13.2 Å². The van der Waals surface area contributed by atoms with Gasteiger partial charge in [0.2, 0.25) is 5.91 Å². The highest BCUT2D eigenvalue weighted by molar-refractivity contribution is 7.85. The van der Waals surface area contributed by atoms with Crippen molar-refractivity contribution in [3.05, 3.63) is 100 Å². The van der Waals surface area contributed by atoms with E-state index in [1.54, 1.807) is 23.5 Å². The number of amides is 1. The molecule has 3 heterocycles. The maximum atomic E-state index is 13.2. The first-order valence-electron chi connectivity index (χ1n) is 14.1. The summed E-state index contributed by atoms with van der Waals surface area (Å²) in [7, 11) is 0.164. The Balaban J connectivity index is 0.000000283. The van der Waals surface area contributed by atoms with E-state index in [4.69, 9.17) is 14.0 Å². The van der Waals surface area contributed by atoms with Gasteiger partial charge in [-0.1, -0.05) is 54.1 Å². The number of fused-ring (bicyclic) bond motifs is 2. The predicted molar refractivity (Wildman–Crippen MR) is 171 cm³/mol. The molecular weight excluding hydrogens is 583 g/mol. The highest BCUT2D eigenvalue weighted by atomic mass is 32.2. The van der Waals surface area contributed by atoms with Crippen molar-refractivity contribution in [3.63, 3.8) is 0 Å². The summed E-state index contributed by atoms with van der Waals surface area (Å²) in [6, 6.07) is 24.3. The van der Waals surface area contributed by atoms with Crippen LogP contribution in [0.1, 0.15) is 22.6 Å². The lowest BCUT2D eigenvalue weighted by atomic mass is 9.91. The van der Waals surface area contributed by atoms with Crippen LogP contribution in [-0.2, 0) is 27.8 Å². The summed E-state index contributed by atoms with van der Waals surface area (Å²) in [4.78, 5) is 22.1. The van der Waals surface area contributed by atoms with Crippen molar-refractivity contribution in [2.75, 3.05) is 32.1 Å². The fourth-order valence-electron chi connectivity index (χ4n) is 5.26. The third-order valence-electron chi connectivity index (χ3n) is 7.26. The molecule has 5 aromatic rings.